The Morgan fingerprint density at radius 2 is 1.81 bits per heavy atom. The number of nitrogens with two attached hydrogens (primary N) is 2. The third kappa shape index (κ3) is 1.80. The van der Waals surface area contributed by atoms with E-state index in [4.69, 9.17) is 16.2 Å². The SMILES string of the molecule is COc1ccc(N)cc1N1C(=O)c2cccc(N)c2C1=O. The first-order chi connectivity index (χ1) is 10.0. The Morgan fingerprint density at radius 3 is 2.48 bits per heavy atom. The number of carbonyl (C=O) groups is 2. The molecule has 0 aliphatic carbocycles. The lowest BCUT2D eigenvalue weighted by molar-refractivity contribution is 0.0925. The number of hydrogen-bond acceptors (Lipinski definition) is 5. The van der Waals surface area contributed by atoms with Crippen molar-refractivity contribution in [2.75, 3.05) is 23.5 Å². The Labute approximate surface area is 120 Å². The number of imide groups is 1. The van der Waals surface area contributed by atoms with E-state index in [-0.39, 0.29) is 16.8 Å². The number of ether oxygens (including phenoxy) is 1. The summed E-state index contributed by atoms with van der Waals surface area (Å²) in [6, 6.07) is 9.57. The fourth-order valence-electron chi connectivity index (χ4n) is 2.41. The monoisotopic (exact) mass is 283 g/mol. The van der Waals surface area contributed by atoms with Gasteiger partial charge in [0.05, 0.1) is 23.9 Å². The topological polar surface area (TPSA) is 98.7 Å². The minimum atomic E-state index is -0.475. The molecule has 1 aliphatic rings. The van der Waals surface area contributed by atoms with E-state index >= 15 is 0 Å². The molecule has 0 bridgehead atoms. The van der Waals surface area contributed by atoms with Crippen molar-refractivity contribution in [3.63, 3.8) is 0 Å². The standard InChI is InChI=1S/C15H13N3O3/c1-21-12-6-5-8(16)7-11(12)18-14(19)9-3-2-4-10(17)13(9)15(18)20/h2-7H,16-17H2,1H3. The number of anilines is 3. The fraction of sp³-hybridized carbons (Fsp3) is 0.0667. The van der Waals surface area contributed by atoms with Crippen molar-refractivity contribution in [2.24, 2.45) is 0 Å². The number of nitrogens with zero attached hydrogens (tertiary/aromatic N) is 1. The molecule has 106 valence electrons. The van der Waals surface area contributed by atoms with Gasteiger partial charge in [0.2, 0.25) is 0 Å². The number of amides is 2. The van der Waals surface area contributed by atoms with Gasteiger partial charge in [0.15, 0.2) is 0 Å². The number of carbonyl (C=O) groups excluding carboxylic acids is 2. The van der Waals surface area contributed by atoms with Crippen LogP contribution in [0.15, 0.2) is 36.4 Å². The molecule has 4 N–H and O–H groups in total. The van der Waals surface area contributed by atoms with Gasteiger partial charge in [-0.1, -0.05) is 6.07 Å². The molecule has 0 atom stereocenters. The minimum absolute atomic E-state index is 0.215. The zero-order chi connectivity index (χ0) is 15.1. The third-order valence-electron chi connectivity index (χ3n) is 3.39. The van der Waals surface area contributed by atoms with Crippen LogP contribution in [0.25, 0.3) is 0 Å². The van der Waals surface area contributed by atoms with Gasteiger partial charge in [0.1, 0.15) is 5.75 Å². The molecule has 0 aromatic heterocycles. The zero-order valence-electron chi connectivity index (χ0n) is 11.3. The average molecular weight is 283 g/mol. The van der Waals surface area contributed by atoms with E-state index in [1.807, 2.05) is 0 Å². The Kier molecular flexibility index (Phi) is 2.79. The van der Waals surface area contributed by atoms with Crippen molar-refractivity contribution < 1.29 is 14.3 Å². The van der Waals surface area contributed by atoms with Gasteiger partial charge in [0.25, 0.3) is 11.8 Å². The molecule has 3 rings (SSSR count). The smallest absolute Gasteiger partial charge is 0.268 e. The van der Waals surface area contributed by atoms with E-state index in [0.717, 1.165) is 4.90 Å². The Morgan fingerprint density at radius 1 is 1.05 bits per heavy atom. The molecule has 0 spiro atoms. The maximum absolute atomic E-state index is 12.5. The van der Waals surface area contributed by atoms with E-state index in [1.54, 1.807) is 30.3 Å². The van der Waals surface area contributed by atoms with E-state index in [1.165, 1.54) is 13.2 Å². The molecule has 2 aromatic carbocycles. The Bertz CT molecular complexity index is 771. The van der Waals surface area contributed by atoms with Gasteiger partial charge in [-0.05, 0) is 30.3 Å². The number of methoxy groups -OCH3 is 1. The molecule has 6 nitrogen and oxygen atoms in total. The van der Waals surface area contributed by atoms with Crippen LogP contribution in [-0.4, -0.2) is 18.9 Å². The summed E-state index contributed by atoms with van der Waals surface area (Å²) < 4.78 is 5.21. The van der Waals surface area contributed by atoms with Gasteiger partial charge in [0, 0.05) is 11.4 Å². The lowest BCUT2D eigenvalue weighted by Gasteiger charge is -2.17. The van der Waals surface area contributed by atoms with E-state index < -0.39 is 11.8 Å². The van der Waals surface area contributed by atoms with Gasteiger partial charge in [-0.2, -0.15) is 0 Å². The molecule has 0 fully saturated rings. The van der Waals surface area contributed by atoms with Crippen molar-refractivity contribution >= 4 is 28.9 Å². The second-order valence-corrected chi connectivity index (χ2v) is 4.65. The van der Waals surface area contributed by atoms with Crippen molar-refractivity contribution in [1.82, 2.24) is 0 Å². The normalized spacial score (nSPS) is 13.5. The van der Waals surface area contributed by atoms with Crippen LogP contribution >= 0.6 is 0 Å². The predicted molar refractivity (Wildman–Crippen MR) is 79.4 cm³/mol. The summed E-state index contributed by atoms with van der Waals surface area (Å²) in [5, 5.41) is 0. The maximum Gasteiger partial charge on any atom is 0.268 e. The zero-order valence-corrected chi connectivity index (χ0v) is 11.3. The van der Waals surface area contributed by atoms with Crippen LogP contribution in [0.5, 0.6) is 5.75 Å². The number of hydrogen-bond donors (Lipinski definition) is 2. The van der Waals surface area contributed by atoms with Crippen molar-refractivity contribution in [3.8, 4) is 5.75 Å². The predicted octanol–water partition coefficient (Wildman–Crippen LogP) is 1.66. The molecule has 21 heavy (non-hydrogen) atoms. The first-order valence-corrected chi connectivity index (χ1v) is 6.25. The third-order valence-corrected chi connectivity index (χ3v) is 3.39. The lowest BCUT2D eigenvalue weighted by atomic mass is 10.1. The molecule has 1 aliphatic heterocycles. The molecule has 0 unspecified atom stereocenters. The lowest BCUT2D eigenvalue weighted by Crippen LogP contribution is -2.30. The Hall–Kier alpha value is -3.02. The largest absolute Gasteiger partial charge is 0.495 e. The number of benzene rings is 2. The summed E-state index contributed by atoms with van der Waals surface area (Å²) in [6.07, 6.45) is 0. The van der Waals surface area contributed by atoms with Crippen LogP contribution in [0.2, 0.25) is 0 Å². The maximum atomic E-state index is 12.5. The highest BCUT2D eigenvalue weighted by atomic mass is 16.5. The van der Waals surface area contributed by atoms with Gasteiger partial charge in [-0.15, -0.1) is 0 Å². The quantitative estimate of drug-likeness (QED) is 0.645. The second kappa shape index (κ2) is 4.52. The summed E-state index contributed by atoms with van der Waals surface area (Å²) in [5.74, 6) is -0.527. The van der Waals surface area contributed by atoms with Crippen LogP contribution in [-0.2, 0) is 0 Å². The van der Waals surface area contributed by atoms with E-state index in [9.17, 15) is 9.59 Å². The van der Waals surface area contributed by atoms with Gasteiger partial charge < -0.3 is 16.2 Å². The van der Waals surface area contributed by atoms with Gasteiger partial charge >= 0.3 is 0 Å². The number of nitrogen functional groups attached to an aromatic ring is 2. The Balaban J connectivity index is 2.19. The summed E-state index contributed by atoms with van der Waals surface area (Å²) in [7, 11) is 1.46. The summed E-state index contributed by atoms with van der Waals surface area (Å²) in [6.45, 7) is 0. The highest BCUT2D eigenvalue weighted by Crippen LogP contribution is 2.37. The van der Waals surface area contributed by atoms with Crippen LogP contribution < -0.4 is 21.1 Å². The van der Waals surface area contributed by atoms with Crippen LogP contribution in [0.3, 0.4) is 0 Å². The van der Waals surface area contributed by atoms with Crippen LogP contribution in [0.1, 0.15) is 20.7 Å². The first-order valence-electron chi connectivity index (χ1n) is 6.25. The fourth-order valence-corrected chi connectivity index (χ4v) is 2.41. The van der Waals surface area contributed by atoms with E-state index in [2.05, 4.69) is 0 Å². The number of rotatable bonds is 2. The molecule has 2 aromatic rings. The molecule has 0 saturated carbocycles. The molecule has 0 radical (unpaired) electrons. The van der Waals surface area contributed by atoms with Gasteiger partial charge in [-0.25, -0.2) is 4.90 Å². The van der Waals surface area contributed by atoms with E-state index in [0.29, 0.717) is 17.1 Å². The molecule has 0 saturated heterocycles. The molecular formula is C15H13N3O3. The van der Waals surface area contributed by atoms with Crippen LogP contribution in [0.4, 0.5) is 17.1 Å². The summed E-state index contributed by atoms with van der Waals surface area (Å²) >= 11 is 0. The molecule has 1 heterocycles. The summed E-state index contributed by atoms with van der Waals surface area (Å²) in [5.41, 5.74) is 13.1. The molecule has 6 heteroatoms. The van der Waals surface area contributed by atoms with Crippen molar-refractivity contribution in [1.29, 1.82) is 0 Å². The van der Waals surface area contributed by atoms with Crippen molar-refractivity contribution in [3.05, 3.63) is 47.5 Å². The first kappa shape index (κ1) is 13.0. The average Bonchev–Trinajstić information content (AvgIpc) is 2.72. The molecule has 2 amide bonds. The minimum Gasteiger partial charge on any atom is -0.495 e. The van der Waals surface area contributed by atoms with Crippen molar-refractivity contribution in [2.45, 2.75) is 0 Å². The highest BCUT2D eigenvalue weighted by molar-refractivity contribution is 6.36. The number of fused-ring (bicyclic) bond motifs is 1. The second-order valence-electron chi connectivity index (χ2n) is 4.65. The van der Waals surface area contributed by atoms with Gasteiger partial charge in [-0.3, -0.25) is 9.59 Å². The van der Waals surface area contributed by atoms with Crippen LogP contribution in [0, 0.1) is 0 Å². The summed E-state index contributed by atoms with van der Waals surface area (Å²) in [4.78, 5) is 26.1. The highest BCUT2D eigenvalue weighted by Gasteiger charge is 2.39. The molecular weight excluding hydrogens is 270 g/mol.